The van der Waals surface area contributed by atoms with Crippen LogP contribution in [0.5, 0.6) is 0 Å². The normalized spacial score (nSPS) is 21.3. The van der Waals surface area contributed by atoms with Crippen molar-refractivity contribution in [3.63, 3.8) is 0 Å². The van der Waals surface area contributed by atoms with Gasteiger partial charge in [-0.25, -0.2) is 0 Å². The molecule has 9 N–H and O–H groups in total. The zero-order valence-electron chi connectivity index (χ0n) is 24.5. The standard InChI is InChI=1S/C30H34N6O10/c31-23(37)13-21-29(45)34-20(12-16-5-2-1-3-6-16)27(43)32-15-17-7-4-8-18(11-17)26(42)33-19(9-10-24(38)39)28(44)36-22(14-25(40)41)30(46)35-21/h1-8,11,19-22H,9-10,12-15H2,(H2,31,37)(H,32,43)(H,33,42)(H,34,45)(H,35,46)(H,36,44)(H,38,39)(H,40,41)/t19-,20-,21-,22-/m0/s1. The predicted molar refractivity (Wildman–Crippen MR) is 158 cm³/mol. The maximum atomic E-state index is 13.4. The zero-order valence-corrected chi connectivity index (χ0v) is 24.5. The van der Waals surface area contributed by atoms with Crippen molar-refractivity contribution in [2.75, 3.05) is 0 Å². The van der Waals surface area contributed by atoms with Gasteiger partial charge in [0.15, 0.2) is 0 Å². The number of hydrogen-bond donors (Lipinski definition) is 8. The van der Waals surface area contributed by atoms with Crippen LogP contribution < -0.4 is 32.3 Å². The number of fused-ring (bicyclic) bond motifs is 2. The van der Waals surface area contributed by atoms with Gasteiger partial charge in [0.1, 0.15) is 24.2 Å². The fourth-order valence-corrected chi connectivity index (χ4v) is 4.58. The van der Waals surface area contributed by atoms with Crippen LogP contribution in [0.1, 0.15) is 47.2 Å². The van der Waals surface area contributed by atoms with Crippen LogP contribution in [0.15, 0.2) is 54.6 Å². The number of aliphatic carboxylic acids is 2. The number of primary amides is 1. The number of hydrogen-bond acceptors (Lipinski definition) is 8. The van der Waals surface area contributed by atoms with Crippen LogP contribution in [0.4, 0.5) is 0 Å². The lowest BCUT2D eigenvalue weighted by Crippen LogP contribution is -2.59. The Morgan fingerprint density at radius 3 is 1.91 bits per heavy atom. The molecule has 2 bridgehead atoms. The molecule has 16 nitrogen and oxygen atoms in total. The highest BCUT2D eigenvalue weighted by Crippen LogP contribution is 2.10. The smallest absolute Gasteiger partial charge is 0.305 e. The maximum Gasteiger partial charge on any atom is 0.305 e. The van der Waals surface area contributed by atoms with Gasteiger partial charge in [0.05, 0.1) is 12.8 Å². The van der Waals surface area contributed by atoms with E-state index in [1.54, 1.807) is 36.4 Å². The lowest BCUT2D eigenvalue weighted by atomic mass is 10.0. The van der Waals surface area contributed by atoms with Crippen molar-refractivity contribution in [1.29, 1.82) is 0 Å². The summed E-state index contributed by atoms with van der Waals surface area (Å²) in [6.45, 7) is -0.0810. The Morgan fingerprint density at radius 1 is 0.696 bits per heavy atom. The Bertz CT molecular complexity index is 1500. The van der Waals surface area contributed by atoms with Crippen LogP contribution >= 0.6 is 0 Å². The van der Waals surface area contributed by atoms with Crippen LogP contribution in [-0.4, -0.2) is 81.8 Å². The summed E-state index contributed by atoms with van der Waals surface area (Å²) in [4.78, 5) is 101. The van der Waals surface area contributed by atoms with Crippen LogP contribution in [-0.2, 0) is 46.5 Å². The lowest BCUT2D eigenvalue weighted by molar-refractivity contribution is -0.141. The molecule has 0 spiro atoms. The minimum atomic E-state index is -1.83. The number of carboxylic acid groups (broad SMARTS) is 2. The number of nitrogens with two attached hydrogens (primary N) is 1. The zero-order chi connectivity index (χ0) is 33.8. The van der Waals surface area contributed by atoms with Crippen LogP contribution in [0.25, 0.3) is 0 Å². The minimum Gasteiger partial charge on any atom is -0.481 e. The van der Waals surface area contributed by atoms with Crippen molar-refractivity contribution < 1.29 is 48.6 Å². The van der Waals surface area contributed by atoms with E-state index in [4.69, 9.17) is 10.8 Å². The number of benzene rings is 2. The summed E-state index contributed by atoms with van der Waals surface area (Å²) in [5.41, 5.74) is 6.50. The molecule has 0 saturated heterocycles. The number of amides is 6. The average Bonchev–Trinajstić information content (AvgIpc) is 3.00. The first-order chi connectivity index (χ1) is 21.8. The number of carboxylic acids is 2. The molecule has 0 aliphatic carbocycles. The van der Waals surface area contributed by atoms with Crippen molar-refractivity contribution in [2.45, 2.75) is 62.8 Å². The quantitative estimate of drug-likeness (QED) is 0.155. The molecule has 0 radical (unpaired) electrons. The molecule has 0 fully saturated rings. The van der Waals surface area contributed by atoms with E-state index in [0.717, 1.165) is 0 Å². The predicted octanol–water partition coefficient (Wildman–Crippen LogP) is -1.67. The summed E-state index contributed by atoms with van der Waals surface area (Å²) in [5, 5.41) is 30.6. The third-order valence-electron chi connectivity index (χ3n) is 6.89. The van der Waals surface area contributed by atoms with Crippen molar-refractivity contribution in [3.8, 4) is 0 Å². The summed E-state index contributed by atoms with van der Waals surface area (Å²) < 4.78 is 0. The van der Waals surface area contributed by atoms with Gasteiger partial charge in [-0.15, -0.1) is 0 Å². The SMILES string of the molecule is NC(=O)C[C@@H]1NC(=O)[C@H](CC(=O)O)NC(=O)[C@H](CCC(=O)O)NC(=O)c2cccc(c2)CNC(=O)[C@H](Cc2ccccc2)NC1=O. The van der Waals surface area contributed by atoms with E-state index < -0.39 is 97.2 Å². The molecule has 46 heavy (non-hydrogen) atoms. The number of carbonyl (C=O) groups excluding carboxylic acids is 6. The molecule has 2 aromatic rings. The first-order valence-corrected chi connectivity index (χ1v) is 14.2. The van der Waals surface area contributed by atoms with Gasteiger partial charge in [-0.2, -0.15) is 0 Å². The highest BCUT2D eigenvalue weighted by molar-refractivity contribution is 6.00. The Morgan fingerprint density at radius 2 is 1.30 bits per heavy atom. The Hall–Kier alpha value is -5.80. The summed E-state index contributed by atoms with van der Waals surface area (Å²) in [7, 11) is 0. The second kappa shape index (κ2) is 16.3. The van der Waals surface area contributed by atoms with Gasteiger partial charge in [0, 0.05) is 24.9 Å². The first-order valence-electron chi connectivity index (χ1n) is 14.2. The molecule has 3 rings (SSSR count). The Kier molecular flexibility index (Phi) is 12.3. The fourth-order valence-electron chi connectivity index (χ4n) is 4.58. The van der Waals surface area contributed by atoms with Crippen LogP contribution in [0.3, 0.4) is 0 Å². The van der Waals surface area contributed by atoms with E-state index in [-0.39, 0.29) is 18.5 Å². The number of nitrogens with one attached hydrogen (secondary N) is 5. The van der Waals surface area contributed by atoms with Gasteiger partial charge in [0.2, 0.25) is 29.5 Å². The van der Waals surface area contributed by atoms with Crippen LogP contribution in [0, 0.1) is 0 Å². The van der Waals surface area contributed by atoms with Crippen molar-refractivity contribution in [3.05, 3.63) is 71.3 Å². The van der Waals surface area contributed by atoms with E-state index in [0.29, 0.717) is 11.1 Å². The largest absolute Gasteiger partial charge is 0.481 e. The fraction of sp³-hybridized carbons (Fsp3) is 0.333. The Balaban J connectivity index is 2.04. The summed E-state index contributed by atoms with van der Waals surface area (Å²) in [5.74, 6) is -8.50. The molecule has 1 aliphatic rings. The Labute approximate surface area is 262 Å². The van der Waals surface area contributed by atoms with Crippen molar-refractivity contribution >= 4 is 47.4 Å². The van der Waals surface area contributed by atoms with E-state index in [1.165, 1.54) is 18.2 Å². The molecular weight excluding hydrogens is 604 g/mol. The minimum absolute atomic E-state index is 0.00746. The van der Waals surface area contributed by atoms with E-state index in [9.17, 15) is 43.5 Å². The van der Waals surface area contributed by atoms with Crippen LogP contribution in [0.2, 0.25) is 0 Å². The molecule has 244 valence electrons. The molecule has 2 aromatic carbocycles. The second-order valence-corrected chi connectivity index (χ2v) is 10.5. The van der Waals surface area contributed by atoms with Crippen molar-refractivity contribution in [1.82, 2.24) is 26.6 Å². The summed E-state index contributed by atoms with van der Waals surface area (Å²) in [6, 6.07) is 8.40. The highest BCUT2D eigenvalue weighted by atomic mass is 16.4. The van der Waals surface area contributed by atoms with E-state index in [1.807, 2.05) is 0 Å². The third kappa shape index (κ3) is 10.7. The first kappa shape index (κ1) is 34.7. The molecule has 6 amide bonds. The summed E-state index contributed by atoms with van der Waals surface area (Å²) in [6.07, 6.45) is -2.70. The van der Waals surface area contributed by atoms with Gasteiger partial charge in [-0.05, 0) is 29.7 Å². The van der Waals surface area contributed by atoms with Crippen molar-refractivity contribution in [2.24, 2.45) is 5.73 Å². The van der Waals surface area contributed by atoms with Gasteiger partial charge in [0.25, 0.3) is 5.91 Å². The summed E-state index contributed by atoms with van der Waals surface area (Å²) >= 11 is 0. The molecule has 4 atom stereocenters. The molecule has 1 heterocycles. The second-order valence-electron chi connectivity index (χ2n) is 10.5. The highest BCUT2D eigenvalue weighted by Gasteiger charge is 2.33. The molecule has 0 unspecified atom stereocenters. The monoisotopic (exact) mass is 638 g/mol. The number of carbonyl (C=O) groups is 8. The molecule has 1 aliphatic heterocycles. The van der Waals surface area contributed by atoms with Gasteiger partial charge >= 0.3 is 11.9 Å². The van der Waals surface area contributed by atoms with E-state index in [2.05, 4.69) is 26.6 Å². The topological polar surface area (TPSA) is 263 Å². The average molecular weight is 639 g/mol. The number of rotatable bonds is 9. The third-order valence-corrected chi connectivity index (χ3v) is 6.89. The molecule has 0 saturated carbocycles. The lowest BCUT2D eigenvalue weighted by Gasteiger charge is -2.26. The maximum absolute atomic E-state index is 13.4. The molecular formula is C30H34N6O10. The van der Waals surface area contributed by atoms with Gasteiger partial charge in [-0.3, -0.25) is 38.4 Å². The van der Waals surface area contributed by atoms with Gasteiger partial charge in [-0.1, -0.05) is 42.5 Å². The molecule has 16 heteroatoms. The van der Waals surface area contributed by atoms with E-state index >= 15 is 0 Å². The molecule has 0 aromatic heterocycles. The van der Waals surface area contributed by atoms with Gasteiger partial charge < -0.3 is 42.5 Å².